The van der Waals surface area contributed by atoms with E-state index in [-0.39, 0.29) is 11.5 Å². The largest absolute Gasteiger partial charge is 0.353 e. The van der Waals surface area contributed by atoms with Crippen LogP contribution in [0.5, 0.6) is 0 Å². The second-order valence-corrected chi connectivity index (χ2v) is 10.4. The standard InChI is InChI=1S/C21H29N3O2S2/c1-13-6-8-14(9-7-13)22-18(25)10-11-27-12-17-23-20(26)19-15-4-2-3-5-16(15)28-21(19)24-17/h13-14H,2-12H2,1H3,(H,22,25)(H,23,24,26). The van der Waals surface area contributed by atoms with Crippen LogP contribution in [0.4, 0.5) is 0 Å². The first-order chi connectivity index (χ1) is 13.6. The maximum absolute atomic E-state index is 12.6. The summed E-state index contributed by atoms with van der Waals surface area (Å²) in [7, 11) is 0. The second kappa shape index (κ2) is 8.99. The number of aromatic nitrogens is 2. The highest BCUT2D eigenvalue weighted by Crippen LogP contribution is 2.33. The molecule has 4 rings (SSSR count). The molecule has 0 spiro atoms. The number of thiophene rings is 1. The molecule has 1 fully saturated rings. The van der Waals surface area contributed by atoms with Crippen LogP contribution in [-0.2, 0) is 23.4 Å². The van der Waals surface area contributed by atoms with E-state index in [1.54, 1.807) is 23.1 Å². The minimum Gasteiger partial charge on any atom is -0.353 e. The van der Waals surface area contributed by atoms with Crippen LogP contribution in [0, 0.1) is 5.92 Å². The summed E-state index contributed by atoms with van der Waals surface area (Å²) >= 11 is 3.35. The average Bonchev–Trinajstić information content (AvgIpc) is 3.06. The fourth-order valence-corrected chi connectivity index (χ4v) is 6.40. The fourth-order valence-electron chi connectivity index (χ4n) is 4.31. The Kier molecular flexibility index (Phi) is 6.41. The molecule has 2 aliphatic carbocycles. The number of aromatic amines is 1. The zero-order valence-corrected chi connectivity index (χ0v) is 18.1. The molecule has 0 aliphatic heterocycles. The Morgan fingerprint density at radius 2 is 2.04 bits per heavy atom. The lowest BCUT2D eigenvalue weighted by molar-refractivity contribution is -0.121. The van der Waals surface area contributed by atoms with Crippen molar-refractivity contribution < 1.29 is 4.79 Å². The Morgan fingerprint density at radius 1 is 1.25 bits per heavy atom. The van der Waals surface area contributed by atoms with E-state index in [2.05, 4.69) is 17.2 Å². The van der Waals surface area contributed by atoms with Crippen LogP contribution in [0.3, 0.4) is 0 Å². The van der Waals surface area contributed by atoms with E-state index in [4.69, 9.17) is 4.98 Å². The van der Waals surface area contributed by atoms with Gasteiger partial charge in [-0.25, -0.2) is 4.98 Å². The lowest BCUT2D eigenvalue weighted by Gasteiger charge is -2.26. The lowest BCUT2D eigenvalue weighted by atomic mass is 9.87. The Labute approximate surface area is 174 Å². The third-order valence-corrected chi connectivity index (χ3v) is 8.12. The summed E-state index contributed by atoms with van der Waals surface area (Å²) in [5.41, 5.74) is 1.23. The number of nitrogens with zero attached hydrogens (tertiary/aromatic N) is 1. The summed E-state index contributed by atoms with van der Waals surface area (Å²) in [5.74, 6) is 3.06. The van der Waals surface area contributed by atoms with Crippen LogP contribution in [0.15, 0.2) is 4.79 Å². The van der Waals surface area contributed by atoms with Crippen molar-refractivity contribution in [2.45, 2.75) is 76.5 Å². The topological polar surface area (TPSA) is 74.8 Å². The molecule has 2 aliphatic rings. The number of amides is 1. The monoisotopic (exact) mass is 419 g/mol. The number of hydrogen-bond acceptors (Lipinski definition) is 5. The highest BCUT2D eigenvalue weighted by molar-refractivity contribution is 7.98. The number of carbonyl (C=O) groups excluding carboxylic acids is 1. The van der Waals surface area contributed by atoms with Crippen LogP contribution < -0.4 is 10.9 Å². The van der Waals surface area contributed by atoms with Crippen LogP contribution >= 0.6 is 23.1 Å². The van der Waals surface area contributed by atoms with Gasteiger partial charge in [0.1, 0.15) is 10.7 Å². The van der Waals surface area contributed by atoms with Gasteiger partial charge in [0.25, 0.3) is 5.56 Å². The van der Waals surface area contributed by atoms with Crippen molar-refractivity contribution in [3.05, 3.63) is 26.6 Å². The number of H-pyrrole nitrogens is 1. The van der Waals surface area contributed by atoms with Crippen molar-refractivity contribution in [2.75, 3.05) is 5.75 Å². The number of rotatable bonds is 6. The molecule has 1 amide bonds. The first-order valence-corrected chi connectivity index (χ1v) is 12.5. The number of aryl methyl sites for hydroxylation is 2. The molecule has 7 heteroatoms. The molecule has 0 saturated heterocycles. The second-order valence-electron chi connectivity index (χ2n) is 8.23. The molecule has 28 heavy (non-hydrogen) atoms. The molecule has 152 valence electrons. The third-order valence-electron chi connectivity index (χ3n) is 5.97. The summed E-state index contributed by atoms with van der Waals surface area (Å²) < 4.78 is 0. The third kappa shape index (κ3) is 4.62. The van der Waals surface area contributed by atoms with Crippen molar-refractivity contribution in [2.24, 2.45) is 5.92 Å². The van der Waals surface area contributed by atoms with Crippen molar-refractivity contribution in [3.8, 4) is 0 Å². The Morgan fingerprint density at radius 3 is 2.86 bits per heavy atom. The van der Waals surface area contributed by atoms with Crippen LogP contribution in [0.1, 0.15) is 68.1 Å². The van der Waals surface area contributed by atoms with E-state index < -0.39 is 0 Å². The molecular formula is C21H29N3O2S2. The maximum atomic E-state index is 12.6. The summed E-state index contributed by atoms with van der Waals surface area (Å²) in [6.45, 7) is 2.29. The van der Waals surface area contributed by atoms with Gasteiger partial charge < -0.3 is 10.3 Å². The predicted octanol–water partition coefficient (Wildman–Crippen LogP) is 4.18. The van der Waals surface area contributed by atoms with Gasteiger partial charge in [-0.05, 0) is 62.8 Å². The van der Waals surface area contributed by atoms with Gasteiger partial charge in [0.05, 0.1) is 11.1 Å². The SMILES string of the molecule is CC1CCC(NC(=O)CCSCc2nc3sc4c(c3c(=O)[nH]2)CCCC4)CC1. The highest BCUT2D eigenvalue weighted by Gasteiger charge is 2.21. The number of hydrogen-bond donors (Lipinski definition) is 2. The molecule has 1 saturated carbocycles. The Bertz CT molecular complexity index is 897. The highest BCUT2D eigenvalue weighted by atomic mass is 32.2. The van der Waals surface area contributed by atoms with Crippen LogP contribution in [0.25, 0.3) is 10.2 Å². The molecule has 0 aromatic carbocycles. The van der Waals surface area contributed by atoms with Crippen molar-refractivity contribution in [3.63, 3.8) is 0 Å². The van der Waals surface area contributed by atoms with E-state index in [9.17, 15) is 9.59 Å². The van der Waals surface area contributed by atoms with Crippen LogP contribution in [-0.4, -0.2) is 27.7 Å². The number of fused-ring (bicyclic) bond motifs is 3. The van der Waals surface area contributed by atoms with Gasteiger partial charge in [0, 0.05) is 23.1 Å². The molecule has 5 nitrogen and oxygen atoms in total. The molecule has 2 heterocycles. The fraction of sp³-hybridized carbons (Fsp3) is 0.667. The van der Waals surface area contributed by atoms with Gasteiger partial charge in [0.15, 0.2) is 0 Å². The molecule has 0 unspecified atom stereocenters. The first kappa shape index (κ1) is 20.0. The van der Waals surface area contributed by atoms with Gasteiger partial charge in [-0.3, -0.25) is 9.59 Å². The molecule has 2 aromatic heterocycles. The van der Waals surface area contributed by atoms with E-state index in [0.717, 1.165) is 59.8 Å². The van der Waals surface area contributed by atoms with E-state index in [1.807, 2.05) is 0 Å². The smallest absolute Gasteiger partial charge is 0.259 e. The molecule has 0 bridgehead atoms. The maximum Gasteiger partial charge on any atom is 0.259 e. The van der Waals surface area contributed by atoms with E-state index in [1.165, 1.54) is 29.7 Å². The van der Waals surface area contributed by atoms with E-state index in [0.29, 0.717) is 18.2 Å². The van der Waals surface area contributed by atoms with Crippen molar-refractivity contribution in [1.29, 1.82) is 0 Å². The zero-order valence-electron chi connectivity index (χ0n) is 16.5. The number of carbonyl (C=O) groups is 1. The minimum absolute atomic E-state index is 0.00395. The number of nitrogens with one attached hydrogen (secondary N) is 2. The normalized spacial score (nSPS) is 22.2. The first-order valence-electron chi connectivity index (χ1n) is 10.5. The lowest BCUT2D eigenvalue weighted by Crippen LogP contribution is -2.37. The summed E-state index contributed by atoms with van der Waals surface area (Å²) in [4.78, 5) is 34.6. The minimum atomic E-state index is 0.00395. The van der Waals surface area contributed by atoms with Gasteiger partial charge >= 0.3 is 0 Å². The predicted molar refractivity (Wildman–Crippen MR) is 117 cm³/mol. The van der Waals surface area contributed by atoms with Crippen molar-refractivity contribution >= 4 is 39.2 Å². The Hall–Kier alpha value is -1.34. The summed E-state index contributed by atoms with van der Waals surface area (Å²) in [6.07, 6.45) is 9.63. The Balaban J connectivity index is 1.27. The molecular weight excluding hydrogens is 390 g/mol. The van der Waals surface area contributed by atoms with Gasteiger partial charge in [-0.15, -0.1) is 11.3 Å². The van der Waals surface area contributed by atoms with Gasteiger partial charge in [-0.2, -0.15) is 11.8 Å². The van der Waals surface area contributed by atoms with Gasteiger partial charge in [0.2, 0.25) is 5.91 Å². The molecule has 2 N–H and O–H groups in total. The zero-order chi connectivity index (χ0) is 19.5. The van der Waals surface area contributed by atoms with Gasteiger partial charge in [-0.1, -0.05) is 6.92 Å². The molecule has 2 aromatic rings. The summed E-state index contributed by atoms with van der Waals surface area (Å²) in [6, 6.07) is 0.360. The summed E-state index contributed by atoms with van der Waals surface area (Å²) in [5, 5.41) is 3.99. The van der Waals surface area contributed by atoms with Crippen molar-refractivity contribution in [1.82, 2.24) is 15.3 Å². The molecule has 0 atom stereocenters. The van der Waals surface area contributed by atoms with Crippen LogP contribution in [0.2, 0.25) is 0 Å². The average molecular weight is 420 g/mol. The quantitative estimate of drug-likeness (QED) is 0.689. The molecule has 0 radical (unpaired) electrons. The number of thioether (sulfide) groups is 1. The van der Waals surface area contributed by atoms with E-state index >= 15 is 0 Å².